The van der Waals surface area contributed by atoms with E-state index in [0.29, 0.717) is 6.42 Å². The molecule has 96 valence electrons. The van der Waals surface area contributed by atoms with Gasteiger partial charge in [0, 0.05) is 13.6 Å². The monoisotopic (exact) mass is 241 g/mol. The second-order valence-electron chi connectivity index (χ2n) is 3.44. The van der Waals surface area contributed by atoms with Gasteiger partial charge in [-0.1, -0.05) is 6.92 Å². The molecule has 0 aliphatic rings. The second kappa shape index (κ2) is 6.70. The van der Waals surface area contributed by atoms with Crippen molar-refractivity contribution in [3.8, 4) is 0 Å². The zero-order chi connectivity index (χ0) is 12.8. The van der Waals surface area contributed by atoms with Crippen LogP contribution in [0.2, 0.25) is 0 Å². The molecule has 0 spiro atoms. The summed E-state index contributed by atoms with van der Waals surface area (Å²) in [5.41, 5.74) is 5.11. The Bertz CT molecular complexity index is 221. The van der Waals surface area contributed by atoms with Crippen molar-refractivity contribution in [2.45, 2.75) is 25.6 Å². The van der Waals surface area contributed by atoms with Gasteiger partial charge in [-0.25, -0.2) is 0 Å². The first-order chi connectivity index (χ1) is 7.36. The molecule has 1 unspecified atom stereocenters. The van der Waals surface area contributed by atoms with Gasteiger partial charge in [0.05, 0.1) is 6.54 Å². The SMILES string of the molecule is CCCN(CC(=O)NC)C(CN)C(F)(F)F. The molecule has 0 fully saturated rings. The largest absolute Gasteiger partial charge is 0.405 e. The van der Waals surface area contributed by atoms with Crippen LogP contribution in [0.4, 0.5) is 13.2 Å². The van der Waals surface area contributed by atoms with Gasteiger partial charge in [-0.2, -0.15) is 13.2 Å². The summed E-state index contributed by atoms with van der Waals surface area (Å²) in [6.07, 6.45) is -3.87. The van der Waals surface area contributed by atoms with E-state index in [9.17, 15) is 18.0 Å². The highest BCUT2D eigenvalue weighted by Gasteiger charge is 2.42. The Hall–Kier alpha value is -0.820. The molecule has 0 bridgehead atoms. The summed E-state index contributed by atoms with van der Waals surface area (Å²) in [4.78, 5) is 12.1. The number of carbonyl (C=O) groups excluding carboxylic acids is 1. The molecule has 0 rings (SSSR count). The molecule has 4 nitrogen and oxygen atoms in total. The van der Waals surface area contributed by atoms with Gasteiger partial charge in [0.1, 0.15) is 6.04 Å². The average molecular weight is 241 g/mol. The van der Waals surface area contributed by atoms with Crippen molar-refractivity contribution < 1.29 is 18.0 Å². The molecular formula is C9H18F3N3O. The number of halogens is 3. The Balaban J connectivity index is 4.65. The summed E-state index contributed by atoms with van der Waals surface area (Å²) in [6, 6.07) is -1.76. The zero-order valence-corrected chi connectivity index (χ0v) is 9.47. The van der Waals surface area contributed by atoms with Crippen molar-refractivity contribution in [3.63, 3.8) is 0 Å². The van der Waals surface area contributed by atoms with Crippen LogP contribution in [0.1, 0.15) is 13.3 Å². The summed E-state index contributed by atoms with van der Waals surface area (Å²) in [5.74, 6) is -0.448. The van der Waals surface area contributed by atoms with Gasteiger partial charge < -0.3 is 11.1 Å². The van der Waals surface area contributed by atoms with Gasteiger partial charge in [-0.15, -0.1) is 0 Å². The summed E-state index contributed by atoms with van der Waals surface area (Å²) in [6.45, 7) is 1.11. The van der Waals surface area contributed by atoms with Gasteiger partial charge in [-0.05, 0) is 13.0 Å². The lowest BCUT2D eigenvalue weighted by atomic mass is 10.2. The van der Waals surface area contributed by atoms with Crippen LogP contribution in [0.25, 0.3) is 0 Å². The Morgan fingerprint density at radius 2 is 2.06 bits per heavy atom. The number of carbonyl (C=O) groups is 1. The fourth-order valence-corrected chi connectivity index (χ4v) is 1.39. The van der Waals surface area contributed by atoms with Crippen molar-refractivity contribution in [1.82, 2.24) is 10.2 Å². The summed E-state index contributed by atoms with van der Waals surface area (Å²) >= 11 is 0. The first kappa shape index (κ1) is 15.2. The minimum atomic E-state index is -4.40. The quantitative estimate of drug-likeness (QED) is 0.704. The maximum atomic E-state index is 12.6. The molecule has 0 aromatic rings. The lowest BCUT2D eigenvalue weighted by Gasteiger charge is -2.31. The van der Waals surface area contributed by atoms with Crippen molar-refractivity contribution in [3.05, 3.63) is 0 Å². The Labute approximate surface area is 93.0 Å². The molecule has 16 heavy (non-hydrogen) atoms. The normalized spacial score (nSPS) is 13.9. The number of rotatable bonds is 6. The number of likely N-dealkylation sites (N-methyl/N-ethyl adjacent to an activating group) is 1. The van der Waals surface area contributed by atoms with Crippen LogP contribution in [-0.2, 0) is 4.79 Å². The van der Waals surface area contributed by atoms with E-state index < -0.39 is 24.7 Å². The number of amides is 1. The van der Waals surface area contributed by atoms with Gasteiger partial charge in [-0.3, -0.25) is 9.69 Å². The lowest BCUT2D eigenvalue weighted by molar-refractivity contribution is -0.181. The number of alkyl halides is 3. The molecular weight excluding hydrogens is 223 g/mol. The van der Waals surface area contributed by atoms with E-state index in [1.807, 2.05) is 0 Å². The number of nitrogens with one attached hydrogen (secondary N) is 1. The van der Waals surface area contributed by atoms with E-state index >= 15 is 0 Å². The fourth-order valence-electron chi connectivity index (χ4n) is 1.39. The van der Waals surface area contributed by atoms with Crippen molar-refractivity contribution in [2.24, 2.45) is 5.73 Å². The average Bonchev–Trinajstić information content (AvgIpc) is 2.16. The van der Waals surface area contributed by atoms with Crippen LogP contribution < -0.4 is 11.1 Å². The predicted molar refractivity (Wildman–Crippen MR) is 54.8 cm³/mol. The van der Waals surface area contributed by atoms with Crippen LogP contribution in [0.5, 0.6) is 0 Å². The van der Waals surface area contributed by atoms with Gasteiger partial charge in [0.25, 0.3) is 0 Å². The number of nitrogens with two attached hydrogens (primary N) is 1. The highest BCUT2D eigenvalue weighted by Crippen LogP contribution is 2.24. The molecule has 0 aliphatic carbocycles. The highest BCUT2D eigenvalue weighted by atomic mass is 19.4. The minimum Gasteiger partial charge on any atom is -0.358 e. The van der Waals surface area contributed by atoms with E-state index in [1.54, 1.807) is 6.92 Å². The Morgan fingerprint density at radius 1 is 1.50 bits per heavy atom. The molecule has 7 heteroatoms. The molecule has 1 amide bonds. The molecule has 0 aliphatic heterocycles. The second-order valence-corrected chi connectivity index (χ2v) is 3.44. The molecule has 0 aromatic carbocycles. The van der Waals surface area contributed by atoms with Crippen molar-refractivity contribution in [2.75, 3.05) is 26.7 Å². The first-order valence-corrected chi connectivity index (χ1v) is 5.08. The zero-order valence-electron chi connectivity index (χ0n) is 9.47. The van der Waals surface area contributed by atoms with Crippen LogP contribution in [-0.4, -0.2) is 49.7 Å². The number of nitrogens with zero attached hydrogens (tertiary/aromatic N) is 1. The maximum absolute atomic E-state index is 12.6. The van der Waals surface area contributed by atoms with Gasteiger partial charge >= 0.3 is 6.18 Å². The summed E-state index contributed by atoms with van der Waals surface area (Å²) in [7, 11) is 1.39. The standard InChI is InChI=1S/C9H18F3N3O/c1-3-4-15(6-8(16)14-2)7(5-13)9(10,11)12/h7H,3-6,13H2,1-2H3,(H,14,16). The van der Waals surface area contributed by atoms with Crippen LogP contribution in [0, 0.1) is 0 Å². The van der Waals surface area contributed by atoms with Crippen molar-refractivity contribution >= 4 is 5.91 Å². The smallest absolute Gasteiger partial charge is 0.358 e. The molecule has 3 N–H and O–H groups in total. The Kier molecular flexibility index (Phi) is 6.35. The molecule has 0 saturated heterocycles. The topological polar surface area (TPSA) is 58.4 Å². The maximum Gasteiger partial charge on any atom is 0.405 e. The van der Waals surface area contributed by atoms with Crippen LogP contribution in [0.3, 0.4) is 0 Å². The fraction of sp³-hybridized carbons (Fsp3) is 0.889. The van der Waals surface area contributed by atoms with Crippen LogP contribution >= 0.6 is 0 Å². The van der Waals surface area contributed by atoms with E-state index in [1.165, 1.54) is 7.05 Å². The van der Waals surface area contributed by atoms with E-state index in [-0.39, 0.29) is 13.1 Å². The summed E-state index contributed by atoms with van der Waals surface area (Å²) in [5, 5.41) is 2.30. The van der Waals surface area contributed by atoms with E-state index in [2.05, 4.69) is 5.32 Å². The molecule has 0 aromatic heterocycles. The molecule has 0 heterocycles. The molecule has 1 atom stereocenters. The third-order valence-corrected chi connectivity index (χ3v) is 2.18. The number of hydrogen-bond acceptors (Lipinski definition) is 3. The number of hydrogen-bond donors (Lipinski definition) is 2. The van der Waals surface area contributed by atoms with Gasteiger partial charge in [0.2, 0.25) is 5.91 Å². The highest BCUT2D eigenvalue weighted by molar-refractivity contribution is 5.77. The lowest BCUT2D eigenvalue weighted by Crippen LogP contribution is -2.53. The third kappa shape index (κ3) is 4.80. The van der Waals surface area contributed by atoms with Crippen LogP contribution in [0.15, 0.2) is 0 Å². The predicted octanol–water partition coefficient (Wildman–Crippen LogP) is 0.334. The molecule has 0 radical (unpaired) electrons. The Morgan fingerprint density at radius 3 is 2.38 bits per heavy atom. The summed E-state index contributed by atoms with van der Waals surface area (Å²) < 4.78 is 37.8. The van der Waals surface area contributed by atoms with E-state index in [4.69, 9.17) is 5.73 Å². The third-order valence-electron chi connectivity index (χ3n) is 2.18. The van der Waals surface area contributed by atoms with Crippen molar-refractivity contribution in [1.29, 1.82) is 0 Å². The minimum absolute atomic E-state index is 0.189. The van der Waals surface area contributed by atoms with E-state index in [0.717, 1.165) is 4.90 Å². The first-order valence-electron chi connectivity index (χ1n) is 5.08. The van der Waals surface area contributed by atoms with Gasteiger partial charge in [0.15, 0.2) is 0 Å². The molecule has 0 saturated carbocycles.